The van der Waals surface area contributed by atoms with Crippen LogP contribution in [0.5, 0.6) is 5.75 Å². The minimum Gasteiger partial charge on any atom is -0.493 e. The summed E-state index contributed by atoms with van der Waals surface area (Å²) in [7, 11) is 0. The van der Waals surface area contributed by atoms with Gasteiger partial charge in [0.2, 0.25) is 5.91 Å². The molecule has 0 unspecified atom stereocenters. The molecular formula is C18H19N3O3. The number of rotatable bonds is 6. The van der Waals surface area contributed by atoms with Gasteiger partial charge < -0.3 is 21.1 Å². The molecule has 0 atom stereocenters. The first-order valence-electron chi connectivity index (χ1n) is 7.46. The predicted octanol–water partition coefficient (Wildman–Crippen LogP) is 3.23. The summed E-state index contributed by atoms with van der Waals surface area (Å²) in [6, 6.07) is 13.5. The van der Waals surface area contributed by atoms with Crippen LogP contribution in [-0.4, -0.2) is 18.5 Å². The summed E-state index contributed by atoms with van der Waals surface area (Å²) in [5.41, 5.74) is 7.03. The van der Waals surface area contributed by atoms with Crippen LogP contribution >= 0.6 is 0 Å². The van der Waals surface area contributed by atoms with Gasteiger partial charge in [-0.15, -0.1) is 0 Å². The SMILES string of the molecule is CCOc1ccccc1/C=C/C(=O)Nc1ccc(NC(N)=O)cc1. The lowest BCUT2D eigenvalue weighted by molar-refractivity contribution is -0.111. The van der Waals surface area contributed by atoms with E-state index in [1.54, 1.807) is 30.3 Å². The molecule has 0 aromatic heterocycles. The van der Waals surface area contributed by atoms with E-state index in [4.69, 9.17) is 10.5 Å². The fraction of sp³-hybridized carbons (Fsp3) is 0.111. The smallest absolute Gasteiger partial charge is 0.316 e. The van der Waals surface area contributed by atoms with Crippen LogP contribution in [0, 0.1) is 0 Å². The quantitative estimate of drug-likeness (QED) is 0.712. The zero-order valence-electron chi connectivity index (χ0n) is 13.3. The van der Waals surface area contributed by atoms with E-state index >= 15 is 0 Å². The molecule has 0 heterocycles. The Morgan fingerprint density at radius 2 is 1.67 bits per heavy atom. The molecule has 2 rings (SSSR count). The Bertz CT molecular complexity index is 739. The van der Waals surface area contributed by atoms with Crippen molar-refractivity contribution in [1.82, 2.24) is 0 Å². The van der Waals surface area contributed by atoms with Crippen molar-refractivity contribution in [3.8, 4) is 5.75 Å². The van der Waals surface area contributed by atoms with E-state index in [9.17, 15) is 9.59 Å². The number of urea groups is 1. The summed E-state index contributed by atoms with van der Waals surface area (Å²) in [6.07, 6.45) is 3.14. The van der Waals surface area contributed by atoms with Crippen LogP contribution in [0.2, 0.25) is 0 Å². The van der Waals surface area contributed by atoms with Crippen LogP contribution < -0.4 is 21.1 Å². The summed E-state index contributed by atoms with van der Waals surface area (Å²) in [5.74, 6) is 0.461. The summed E-state index contributed by atoms with van der Waals surface area (Å²) in [6.45, 7) is 2.46. The maximum absolute atomic E-state index is 12.0. The molecule has 0 spiro atoms. The Hall–Kier alpha value is -3.28. The van der Waals surface area contributed by atoms with Gasteiger partial charge in [0.05, 0.1) is 6.61 Å². The van der Waals surface area contributed by atoms with Gasteiger partial charge >= 0.3 is 6.03 Å². The minimum atomic E-state index is -0.636. The number of nitrogens with two attached hydrogens (primary N) is 1. The van der Waals surface area contributed by atoms with Gasteiger partial charge in [0.1, 0.15) is 5.75 Å². The Morgan fingerprint density at radius 3 is 2.29 bits per heavy atom. The van der Waals surface area contributed by atoms with Crippen molar-refractivity contribution in [2.75, 3.05) is 17.2 Å². The monoisotopic (exact) mass is 325 g/mol. The first-order chi connectivity index (χ1) is 11.6. The molecular weight excluding hydrogens is 306 g/mol. The van der Waals surface area contributed by atoms with Gasteiger partial charge in [-0.1, -0.05) is 18.2 Å². The number of carbonyl (C=O) groups excluding carboxylic acids is 2. The highest BCUT2D eigenvalue weighted by Gasteiger charge is 2.02. The van der Waals surface area contributed by atoms with Crippen molar-refractivity contribution < 1.29 is 14.3 Å². The molecule has 0 bridgehead atoms. The molecule has 0 aliphatic rings. The number of para-hydroxylation sites is 1. The molecule has 4 N–H and O–H groups in total. The van der Waals surface area contributed by atoms with Gasteiger partial charge in [0.15, 0.2) is 0 Å². The van der Waals surface area contributed by atoms with E-state index in [-0.39, 0.29) is 5.91 Å². The van der Waals surface area contributed by atoms with E-state index in [1.807, 2.05) is 31.2 Å². The first-order valence-corrected chi connectivity index (χ1v) is 7.46. The summed E-state index contributed by atoms with van der Waals surface area (Å²) >= 11 is 0. The Kier molecular flexibility index (Phi) is 5.96. The number of ether oxygens (including phenoxy) is 1. The lowest BCUT2D eigenvalue weighted by Gasteiger charge is -2.07. The predicted molar refractivity (Wildman–Crippen MR) is 94.9 cm³/mol. The van der Waals surface area contributed by atoms with E-state index in [2.05, 4.69) is 10.6 Å². The van der Waals surface area contributed by atoms with Crippen LogP contribution in [-0.2, 0) is 4.79 Å². The van der Waals surface area contributed by atoms with Gasteiger partial charge in [-0.3, -0.25) is 4.79 Å². The molecule has 0 saturated carbocycles. The molecule has 0 aliphatic heterocycles. The number of hydrogen-bond acceptors (Lipinski definition) is 3. The fourth-order valence-corrected chi connectivity index (χ4v) is 2.03. The summed E-state index contributed by atoms with van der Waals surface area (Å²) in [4.78, 5) is 22.7. The highest BCUT2D eigenvalue weighted by molar-refractivity contribution is 6.02. The van der Waals surface area contributed by atoms with Crippen LogP contribution in [0.4, 0.5) is 16.2 Å². The second kappa shape index (κ2) is 8.38. The molecule has 2 aromatic rings. The third-order valence-corrected chi connectivity index (χ3v) is 3.05. The Morgan fingerprint density at radius 1 is 1.04 bits per heavy atom. The van der Waals surface area contributed by atoms with Crippen molar-refractivity contribution in [3.05, 3.63) is 60.2 Å². The maximum Gasteiger partial charge on any atom is 0.316 e. The van der Waals surface area contributed by atoms with Gasteiger partial charge in [-0.25, -0.2) is 4.79 Å². The van der Waals surface area contributed by atoms with Crippen LogP contribution in [0.1, 0.15) is 12.5 Å². The Balaban J connectivity index is 1.99. The molecule has 6 nitrogen and oxygen atoms in total. The third kappa shape index (κ3) is 5.17. The molecule has 0 radical (unpaired) electrons. The minimum absolute atomic E-state index is 0.267. The molecule has 3 amide bonds. The lowest BCUT2D eigenvalue weighted by atomic mass is 10.2. The average molecular weight is 325 g/mol. The zero-order valence-corrected chi connectivity index (χ0v) is 13.3. The van der Waals surface area contributed by atoms with E-state index in [0.29, 0.717) is 18.0 Å². The van der Waals surface area contributed by atoms with Crippen molar-refractivity contribution >= 4 is 29.4 Å². The molecule has 24 heavy (non-hydrogen) atoms. The molecule has 2 aromatic carbocycles. The first kappa shape index (κ1) is 17.1. The van der Waals surface area contributed by atoms with Crippen molar-refractivity contribution in [2.24, 2.45) is 5.73 Å². The van der Waals surface area contributed by atoms with Crippen molar-refractivity contribution in [2.45, 2.75) is 6.92 Å². The highest BCUT2D eigenvalue weighted by atomic mass is 16.5. The number of nitrogens with one attached hydrogen (secondary N) is 2. The third-order valence-electron chi connectivity index (χ3n) is 3.05. The van der Waals surface area contributed by atoms with E-state index in [0.717, 1.165) is 11.3 Å². The molecule has 0 aliphatic carbocycles. The number of amides is 3. The van der Waals surface area contributed by atoms with Gasteiger partial charge in [0, 0.05) is 23.0 Å². The summed E-state index contributed by atoms with van der Waals surface area (Å²) in [5, 5.41) is 5.18. The number of hydrogen-bond donors (Lipinski definition) is 3. The van der Waals surface area contributed by atoms with Crippen LogP contribution in [0.3, 0.4) is 0 Å². The standard InChI is InChI=1S/C18H19N3O3/c1-2-24-16-6-4-3-5-13(16)7-12-17(22)20-14-8-10-15(11-9-14)21-18(19)23/h3-12H,2H2,1H3,(H,20,22)(H3,19,21,23)/b12-7+. The largest absolute Gasteiger partial charge is 0.493 e. The van der Waals surface area contributed by atoms with Crippen LogP contribution in [0.15, 0.2) is 54.6 Å². The van der Waals surface area contributed by atoms with Crippen molar-refractivity contribution in [1.29, 1.82) is 0 Å². The second-order valence-corrected chi connectivity index (χ2v) is 4.86. The molecule has 0 fully saturated rings. The van der Waals surface area contributed by atoms with E-state index < -0.39 is 6.03 Å². The molecule has 124 valence electrons. The van der Waals surface area contributed by atoms with Gasteiger partial charge in [-0.05, 0) is 43.3 Å². The average Bonchev–Trinajstić information content (AvgIpc) is 2.56. The van der Waals surface area contributed by atoms with Crippen LogP contribution in [0.25, 0.3) is 6.08 Å². The normalized spacial score (nSPS) is 10.4. The lowest BCUT2D eigenvalue weighted by Crippen LogP contribution is -2.19. The maximum atomic E-state index is 12.0. The highest BCUT2D eigenvalue weighted by Crippen LogP contribution is 2.19. The summed E-state index contributed by atoms with van der Waals surface area (Å²) < 4.78 is 5.50. The number of benzene rings is 2. The topological polar surface area (TPSA) is 93.4 Å². The number of anilines is 2. The van der Waals surface area contributed by atoms with Gasteiger partial charge in [-0.2, -0.15) is 0 Å². The fourth-order valence-electron chi connectivity index (χ4n) is 2.03. The number of carbonyl (C=O) groups is 2. The Labute approximate surface area is 140 Å². The zero-order chi connectivity index (χ0) is 17.4. The van der Waals surface area contributed by atoms with E-state index in [1.165, 1.54) is 6.08 Å². The van der Waals surface area contributed by atoms with Crippen molar-refractivity contribution in [3.63, 3.8) is 0 Å². The molecule has 0 saturated heterocycles. The molecule has 6 heteroatoms. The second-order valence-electron chi connectivity index (χ2n) is 4.86. The van der Waals surface area contributed by atoms with Gasteiger partial charge in [0.25, 0.3) is 0 Å². The number of primary amides is 1.